The Morgan fingerprint density at radius 1 is 1.18 bits per heavy atom. The molecule has 116 valence electrons. The molecule has 0 bridgehead atoms. The Morgan fingerprint density at radius 2 is 2.05 bits per heavy atom. The van der Waals surface area contributed by atoms with E-state index in [1.54, 1.807) is 0 Å². The van der Waals surface area contributed by atoms with E-state index in [0.29, 0.717) is 13.1 Å². The second-order valence-corrected chi connectivity index (χ2v) is 5.79. The first-order valence-electron chi connectivity index (χ1n) is 7.29. The first-order valence-corrected chi connectivity index (χ1v) is 7.29. The molecule has 0 N–H and O–H groups in total. The van der Waals surface area contributed by atoms with Crippen molar-refractivity contribution in [1.29, 1.82) is 0 Å². The highest BCUT2D eigenvalue weighted by Gasteiger charge is 2.44. The van der Waals surface area contributed by atoms with Crippen LogP contribution in [-0.4, -0.2) is 28.9 Å². The number of para-hydroxylation sites is 1. The average Bonchev–Trinajstić information content (AvgIpc) is 3.15. The summed E-state index contributed by atoms with van der Waals surface area (Å²) in [6.07, 6.45) is -0.0733. The van der Waals surface area contributed by atoms with Crippen molar-refractivity contribution in [1.82, 2.24) is 10.2 Å². The molecule has 2 aliphatic rings. The summed E-state index contributed by atoms with van der Waals surface area (Å²) in [5.41, 5.74) is 0.915. The number of benzene rings is 1. The van der Waals surface area contributed by atoms with Crippen LogP contribution in [0.1, 0.15) is 30.7 Å². The van der Waals surface area contributed by atoms with Crippen LogP contribution < -0.4 is 9.64 Å². The largest absolute Gasteiger partial charge is 0.485 e. The first kappa shape index (κ1) is 13.5. The Labute approximate surface area is 125 Å². The van der Waals surface area contributed by atoms with Crippen LogP contribution in [0.3, 0.4) is 0 Å². The van der Waals surface area contributed by atoms with Gasteiger partial charge in [-0.1, -0.05) is 23.3 Å². The highest BCUT2D eigenvalue weighted by Crippen LogP contribution is 2.39. The molecule has 1 spiro atoms. The van der Waals surface area contributed by atoms with Crippen LogP contribution in [0.15, 0.2) is 28.7 Å². The molecule has 0 saturated carbocycles. The van der Waals surface area contributed by atoms with E-state index >= 15 is 0 Å². The van der Waals surface area contributed by atoms with Gasteiger partial charge in [-0.15, -0.1) is 5.10 Å². The Balaban J connectivity index is 1.52. The van der Waals surface area contributed by atoms with E-state index in [9.17, 15) is 8.78 Å². The number of alkyl halides is 2. The molecule has 0 amide bonds. The van der Waals surface area contributed by atoms with E-state index in [-0.39, 0.29) is 11.6 Å². The van der Waals surface area contributed by atoms with Gasteiger partial charge in [0.05, 0.1) is 6.54 Å². The zero-order chi connectivity index (χ0) is 15.2. The molecule has 0 unspecified atom stereocenters. The summed E-state index contributed by atoms with van der Waals surface area (Å²) in [7, 11) is 0. The van der Waals surface area contributed by atoms with Crippen LogP contribution in [0.2, 0.25) is 0 Å². The fourth-order valence-electron chi connectivity index (χ4n) is 3.19. The van der Waals surface area contributed by atoms with Crippen LogP contribution in [0, 0.1) is 0 Å². The lowest BCUT2D eigenvalue weighted by Crippen LogP contribution is -2.42. The standard InChI is InChI=1S/C15H15F2N3O2/c16-12(17)13-18-19-14(21-13)20-8-7-15(9-20)6-5-10-3-1-2-4-11(10)22-15/h1-4,12H,5-9H2/t15-/m0/s1. The molecule has 1 aromatic carbocycles. The monoisotopic (exact) mass is 307 g/mol. The molecule has 1 saturated heterocycles. The maximum Gasteiger partial charge on any atom is 0.318 e. The molecular weight excluding hydrogens is 292 g/mol. The van der Waals surface area contributed by atoms with Gasteiger partial charge in [0.15, 0.2) is 0 Å². The summed E-state index contributed by atoms with van der Waals surface area (Å²) in [4.78, 5) is 1.83. The fourth-order valence-corrected chi connectivity index (χ4v) is 3.19. The Morgan fingerprint density at radius 3 is 2.86 bits per heavy atom. The molecule has 0 aliphatic carbocycles. The van der Waals surface area contributed by atoms with Gasteiger partial charge in [0.1, 0.15) is 11.4 Å². The van der Waals surface area contributed by atoms with E-state index in [4.69, 9.17) is 9.15 Å². The quantitative estimate of drug-likeness (QED) is 0.853. The van der Waals surface area contributed by atoms with E-state index in [1.807, 2.05) is 23.1 Å². The third-order valence-corrected chi connectivity index (χ3v) is 4.35. The van der Waals surface area contributed by atoms with Gasteiger partial charge in [0.25, 0.3) is 5.89 Å². The van der Waals surface area contributed by atoms with Gasteiger partial charge in [-0.3, -0.25) is 0 Å². The molecule has 1 aromatic heterocycles. The minimum absolute atomic E-state index is 0.148. The molecule has 2 aromatic rings. The third kappa shape index (κ3) is 2.20. The number of anilines is 1. The van der Waals surface area contributed by atoms with E-state index in [1.165, 1.54) is 5.56 Å². The molecule has 4 rings (SSSR count). The molecule has 2 aliphatic heterocycles. The summed E-state index contributed by atoms with van der Waals surface area (Å²) >= 11 is 0. The minimum atomic E-state index is -2.74. The second-order valence-electron chi connectivity index (χ2n) is 5.79. The van der Waals surface area contributed by atoms with Gasteiger partial charge in [-0.05, 0) is 24.5 Å². The number of fused-ring (bicyclic) bond motifs is 1. The average molecular weight is 307 g/mol. The Kier molecular flexibility index (Phi) is 3.02. The summed E-state index contributed by atoms with van der Waals surface area (Å²) in [6, 6.07) is 8.15. The highest BCUT2D eigenvalue weighted by atomic mass is 19.3. The van der Waals surface area contributed by atoms with Crippen LogP contribution >= 0.6 is 0 Å². The molecule has 22 heavy (non-hydrogen) atoms. The predicted molar refractivity (Wildman–Crippen MR) is 74.2 cm³/mol. The number of hydrogen-bond donors (Lipinski definition) is 0. The number of aryl methyl sites for hydroxylation is 1. The summed E-state index contributed by atoms with van der Waals surface area (Å²) < 4.78 is 36.3. The van der Waals surface area contributed by atoms with Crippen LogP contribution in [0.5, 0.6) is 5.75 Å². The van der Waals surface area contributed by atoms with Crippen molar-refractivity contribution < 1.29 is 17.9 Å². The van der Waals surface area contributed by atoms with Crippen molar-refractivity contribution >= 4 is 6.01 Å². The molecule has 1 fully saturated rings. The first-order chi connectivity index (χ1) is 10.7. The number of halogens is 2. The number of nitrogens with zero attached hydrogens (tertiary/aromatic N) is 3. The molecule has 0 radical (unpaired) electrons. The number of hydrogen-bond acceptors (Lipinski definition) is 5. The van der Waals surface area contributed by atoms with Crippen LogP contribution in [0.25, 0.3) is 0 Å². The van der Waals surface area contributed by atoms with Crippen molar-refractivity contribution in [3.63, 3.8) is 0 Å². The lowest BCUT2D eigenvalue weighted by atomic mass is 9.90. The van der Waals surface area contributed by atoms with Gasteiger partial charge in [0, 0.05) is 13.0 Å². The molecule has 3 heterocycles. The van der Waals surface area contributed by atoms with Crippen molar-refractivity contribution in [2.75, 3.05) is 18.0 Å². The molecule has 7 heteroatoms. The SMILES string of the molecule is FC(F)c1nnc(N2CC[C@@]3(CCc4ccccc4O3)C2)o1. The van der Waals surface area contributed by atoms with Crippen molar-refractivity contribution in [2.45, 2.75) is 31.3 Å². The highest BCUT2D eigenvalue weighted by molar-refractivity contribution is 5.38. The molecule has 5 nitrogen and oxygen atoms in total. The number of rotatable bonds is 2. The van der Waals surface area contributed by atoms with E-state index < -0.39 is 12.3 Å². The zero-order valence-corrected chi connectivity index (χ0v) is 11.8. The summed E-state index contributed by atoms with van der Waals surface area (Å²) in [5, 5.41) is 7.10. The third-order valence-electron chi connectivity index (χ3n) is 4.35. The van der Waals surface area contributed by atoms with Crippen molar-refractivity contribution in [3.8, 4) is 5.75 Å². The smallest absolute Gasteiger partial charge is 0.318 e. The summed E-state index contributed by atoms with van der Waals surface area (Å²) in [6.45, 7) is 1.24. The Hall–Kier alpha value is -2.18. The number of ether oxygens (including phenoxy) is 1. The van der Waals surface area contributed by atoms with Gasteiger partial charge >= 0.3 is 12.4 Å². The van der Waals surface area contributed by atoms with Gasteiger partial charge in [-0.25, -0.2) is 0 Å². The fraction of sp³-hybridized carbons (Fsp3) is 0.467. The predicted octanol–water partition coefficient (Wildman–Crippen LogP) is 2.98. The van der Waals surface area contributed by atoms with Crippen molar-refractivity contribution in [3.05, 3.63) is 35.7 Å². The Bertz CT molecular complexity index is 691. The number of aromatic nitrogens is 2. The van der Waals surface area contributed by atoms with Gasteiger partial charge in [-0.2, -0.15) is 8.78 Å². The van der Waals surface area contributed by atoms with E-state index in [2.05, 4.69) is 16.3 Å². The van der Waals surface area contributed by atoms with Crippen molar-refractivity contribution in [2.24, 2.45) is 0 Å². The van der Waals surface area contributed by atoms with Crippen LogP contribution in [0.4, 0.5) is 14.8 Å². The summed E-state index contributed by atoms with van der Waals surface area (Å²) in [5.74, 6) is 0.278. The van der Waals surface area contributed by atoms with E-state index in [0.717, 1.165) is 25.0 Å². The maximum atomic E-state index is 12.5. The molecular formula is C15H15F2N3O2. The topological polar surface area (TPSA) is 51.4 Å². The molecule has 1 atom stereocenters. The second kappa shape index (κ2) is 4.93. The zero-order valence-electron chi connectivity index (χ0n) is 11.8. The van der Waals surface area contributed by atoms with Crippen LogP contribution in [-0.2, 0) is 6.42 Å². The normalized spacial score (nSPS) is 23.9. The van der Waals surface area contributed by atoms with Gasteiger partial charge in [0.2, 0.25) is 0 Å². The minimum Gasteiger partial charge on any atom is -0.485 e. The maximum absolute atomic E-state index is 12.5. The van der Waals surface area contributed by atoms with Gasteiger partial charge < -0.3 is 14.1 Å². The lowest BCUT2D eigenvalue weighted by Gasteiger charge is -2.35. The lowest BCUT2D eigenvalue weighted by molar-refractivity contribution is 0.0678.